The van der Waals surface area contributed by atoms with E-state index in [-0.39, 0.29) is 0 Å². The summed E-state index contributed by atoms with van der Waals surface area (Å²) in [6.07, 6.45) is 6.33. The number of nitrogens with zero attached hydrogens (tertiary/aromatic N) is 3. The Hall–Kier alpha value is -2.01. The van der Waals surface area contributed by atoms with E-state index in [2.05, 4.69) is 16.1 Å². The molecule has 1 saturated heterocycles. The Kier molecular flexibility index (Phi) is 5.18. The van der Waals surface area contributed by atoms with Crippen molar-refractivity contribution in [2.45, 2.75) is 25.9 Å². The van der Waals surface area contributed by atoms with Gasteiger partial charge in [-0.1, -0.05) is 0 Å². The van der Waals surface area contributed by atoms with Crippen LogP contribution < -0.4 is 9.47 Å². The van der Waals surface area contributed by atoms with Crippen LogP contribution in [0.1, 0.15) is 18.4 Å². The molecule has 23 heavy (non-hydrogen) atoms. The van der Waals surface area contributed by atoms with Crippen LogP contribution in [-0.2, 0) is 13.1 Å². The van der Waals surface area contributed by atoms with Gasteiger partial charge in [-0.2, -0.15) is 5.10 Å². The third kappa shape index (κ3) is 4.05. The topological polar surface area (TPSA) is 39.5 Å². The average molecular weight is 315 g/mol. The van der Waals surface area contributed by atoms with Gasteiger partial charge in [-0.15, -0.1) is 0 Å². The van der Waals surface area contributed by atoms with Crippen molar-refractivity contribution in [1.82, 2.24) is 14.7 Å². The standard InChI is InChI=1S/C18H25N3O2/c1-22-17-4-5-18(23-2)16(12-17)14-20-10-6-15(7-11-20)13-21-9-3-8-19-21/h3-5,8-9,12,15H,6-7,10-11,13-14H2,1-2H3. The number of benzene rings is 1. The lowest BCUT2D eigenvalue weighted by atomic mass is 9.96. The molecular formula is C18H25N3O2. The van der Waals surface area contributed by atoms with Gasteiger partial charge in [0.05, 0.1) is 14.2 Å². The number of hydrogen-bond acceptors (Lipinski definition) is 4. The fourth-order valence-corrected chi connectivity index (χ4v) is 3.25. The molecule has 1 aliphatic rings. The molecule has 0 spiro atoms. The summed E-state index contributed by atoms with van der Waals surface area (Å²) in [5.74, 6) is 2.54. The highest BCUT2D eigenvalue weighted by atomic mass is 16.5. The minimum Gasteiger partial charge on any atom is -0.497 e. The van der Waals surface area contributed by atoms with E-state index in [9.17, 15) is 0 Å². The molecule has 0 bridgehead atoms. The Morgan fingerprint density at radius 2 is 2.00 bits per heavy atom. The van der Waals surface area contributed by atoms with E-state index >= 15 is 0 Å². The SMILES string of the molecule is COc1ccc(OC)c(CN2CCC(Cn3cccn3)CC2)c1. The first-order chi connectivity index (χ1) is 11.3. The zero-order valence-corrected chi connectivity index (χ0v) is 13.9. The Morgan fingerprint density at radius 1 is 1.17 bits per heavy atom. The van der Waals surface area contributed by atoms with Crippen LogP contribution in [0.25, 0.3) is 0 Å². The molecular weight excluding hydrogens is 290 g/mol. The fourth-order valence-electron chi connectivity index (χ4n) is 3.25. The average Bonchev–Trinajstić information content (AvgIpc) is 3.09. The smallest absolute Gasteiger partial charge is 0.123 e. The van der Waals surface area contributed by atoms with Gasteiger partial charge < -0.3 is 9.47 Å². The lowest BCUT2D eigenvalue weighted by molar-refractivity contribution is 0.163. The van der Waals surface area contributed by atoms with Crippen molar-refractivity contribution < 1.29 is 9.47 Å². The summed E-state index contributed by atoms with van der Waals surface area (Å²) >= 11 is 0. The van der Waals surface area contributed by atoms with Crippen LogP contribution in [-0.4, -0.2) is 42.0 Å². The molecule has 124 valence electrons. The van der Waals surface area contributed by atoms with Crippen molar-refractivity contribution >= 4 is 0 Å². The maximum atomic E-state index is 5.48. The molecule has 0 unspecified atom stereocenters. The Balaban J connectivity index is 1.56. The lowest BCUT2D eigenvalue weighted by Crippen LogP contribution is -2.34. The molecule has 0 aliphatic carbocycles. The highest BCUT2D eigenvalue weighted by Gasteiger charge is 2.20. The van der Waals surface area contributed by atoms with Crippen molar-refractivity contribution in [3.63, 3.8) is 0 Å². The van der Waals surface area contributed by atoms with E-state index in [0.29, 0.717) is 0 Å². The minimum atomic E-state index is 0.721. The van der Waals surface area contributed by atoms with E-state index in [4.69, 9.17) is 9.47 Å². The van der Waals surface area contributed by atoms with E-state index in [1.165, 1.54) is 18.4 Å². The zero-order chi connectivity index (χ0) is 16.1. The molecule has 3 rings (SSSR count). The molecule has 0 atom stereocenters. The molecule has 0 amide bonds. The number of likely N-dealkylation sites (tertiary alicyclic amines) is 1. The second kappa shape index (κ2) is 7.51. The normalized spacial score (nSPS) is 16.4. The van der Waals surface area contributed by atoms with Gasteiger partial charge in [0.1, 0.15) is 11.5 Å². The van der Waals surface area contributed by atoms with Crippen molar-refractivity contribution in [2.75, 3.05) is 27.3 Å². The predicted octanol–water partition coefficient (Wildman–Crippen LogP) is 2.81. The Labute approximate surface area is 137 Å². The molecule has 1 aromatic heterocycles. The van der Waals surface area contributed by atoms with E-state index in [0.717, 1.165) is 43.6 Å². The van der Waals surface area contributed by atoms with Crippen molar-refractivity contribution in [3.05, 3.63) is 42.2 Å². The first kappa shape index (κ1) is 15.9. The molecule has 0 saturated carbocycles. The maximum Gasteiger partial charge on any atom is 0.123 e. The molecule has 5 nitrogen and oxygen atoms in total. The monoisotopic (exact) mass is 315 g/mol. The van der Waals surface area contributed by atoms with E-state index in [1.807, 2.05) is 35.3 Å². The van der Waals surface area contributed by atoms with Gasteiger partial charge in [0.25, 0.3) is 0 Å². The van der Waals surface area contributed by atoms with Crippen LogP contribution in [0.4, 0.5) is 0 Å². The minimum absolute atomic E-state index is 0.721. The number of ether oxygens (including phenoxy) is 2. The van der Waals surface area contributed by atoms with Crippen LogP contribution >= 0.6 is 0 Å². The maximum absolute atomic E-state index is 5.48. The zero-order valence-electron chi connectivity index (χ0n) is 13.9. The third-order valence-electron chi connectivity index (χ3n) is 4.59. The van der Waals surface area contributed by atoms with Crippen molar-refractivity contribution in [2.24, 2.45) is 5.92 Å². The van der Waals surface area contributed by atoms with Gasteiger partial charge in [-0.25, -0.2) is 0 Å². The summed E-state index contributed by atoms with van der Waals surface area (Å²) in [6.45, 7) is 4.18. The summed E-state index contributed by atoms with van der Waals surface area (Å²) in [5, 5.41) is 4.31. The highest BCUT2D eigenvalue weighted by Crippen LogP contribution is 2.27. The van der Waals surface area contributed by atoms with Crippen molar-refractivity contribution in [1.29, 1.82) is 0 Å². The summed E-state index contributed by atoms with van der Waals surface area (Å²) in [6, 6.07) is 8.00. The van der Waals surface area contributed by atoms with Crippen LogP contribution in [0, 0.1) is 5.92 Å². The predicted molar refractivity (Wildman–Crippen MR) is 89.8 cm³/mol. The van der Waals surface area contributed by atoms with Crippen LogP contribution in [0.5, 0.6) is 11.5 Å². The number of methoxy groups -OCH3 is 2. The van der Waals surface area contributed by atoms with Crippen LogP contribution in [0.2, 0.25) is 0 Å². The first-order valence-corrected chi connectivity index (χ1v) is 8.19. The van der Waals surface area contributed by atoms with Gasteiger partial charge >= 0.3 is 0 Å². The Bertz CT molecular complexity index is 605. The molecule has 2 heterocycles. The Morgan fingerprint density at radius 3 is 2.65 bits per heavy atom. The molecule has 1 aliphatic heterocycles. The second-order valence-electron chi connectivity index (χ2n) is 6.13. The summed E-state index contributed by atoms with van der Waals surface area (Å²) in [4.78, 5) is 2.50. The summed E-state index contributed by atoms with van der Waals surface area (Å²) in [5.41, 5.74) is 1.19. The van der Waals surface area contributed by atoms with E-state index in [1.54, 1.807) is 14.2 Å². The van der Waals surface area contributed by atoms with Crippen molar-refractivity contribution in [3.8, 4) is 11.5 Å². The molecule has 1 aromatic carbocycles. The third-order valence-corrected chi connectivity index (χ3v) is 4.59. The van der Waals surface area contributed by atoms with E-state index < -0.39 is 0 Å². The largest absolute Gasteiger partial charge is 0.497 e. The number of piperidine rings is 1. The van der Waals surface area contributed by atoms with Gasteiger partial charge in [0.2, 0.25) is 0 Å². The molecule has 2 aromatic rings. The van der Waals surface area contributed by atoms with Crippen LogP contribution in [0.3, 0.4) is 0 Å². The van der Waals surface area contributed by atoms with Gasteiger partial charge in [-0.05, 0) is 56.1 Å². The number of hydrogen-bond donors (Lipinski definition) is 0. The first-order valence-electron chi connectivity index (χ1n) is 8.19. The highest BCUT2D eigenvalue weighted by molar-refractivity contribution is 5.40. The number of rotatable bonds is 6. The molecule has 0 N–H and O–H groups in total. The summed E-state index contributed by atoms with van der Waals surface area (Å²) in [7, 11) is 3.42. The lowest BCUT2D eigenvalue weighted by Gasteiger charge is -2.32. The number of aromatic nitrogens is 2. The summed E-state index contributed by atoms with van der Waals surface area (Å²) < 4.78 is 12.9. The van der Waals surface area contributed by atoms with Gasteiger partial charge in [0.15, 0.2) is 0 Å². The van der Waals surface area contributed by atoms with Crippen LogP contribution in [0.15, 0.2) is 36.7 Å². The fraction of sp³-hybridized carbons (Fsp3) is 0.500. The quantitative estimate of drug-likeness (QED) is 0.822. The molecule has 1 fully saturated rings. The van der Waals surface area contributed by atoms with Gasteiger partial charge in [-0.3, -0.25) is 9.58 Å². The molecule has 0 radical (unpaired) electrons. The second-order valence-corrected chi connectivity index (χ2v) is 6.13. The molecule has 5 heteroatoms. The van der Waals surface area contributed by atoms with Gasteiger partial charge in [0, 0.05) is 31.0 Å².